The Morgan fingerprint density at radius 1 is 1.11 bits per heavy atom. The summed E-state index contributed by atoms with van der Waals surface area (Å²) in [4.78, 5) is 28.4. The van der Waals surface area contributed by atoms with Crippen molar-refractivity contribution in [3.8, 4) is 0 Å². The number of hydrogen-bond acceptors (Lipinski definition) is 5. The van der Waals surface area contributed by atoms with E-state index >= 15 is 0 Å². The van der Waals surface area contributed by atoms with Gasteiger partial charge in [-0.3, -0.25) is 14.5 Å². The second-order valence-electron chi connectivity index (χ2n) is 6.57. The second kappa shape index (κ2) is 11.7. The first-order valence-electron chi connectivity index (χ1n) is 9.61. The molecule has 1 saturated heterocycles. The predicted molar refractivity (Wildman–Crippen MR) is 103 cm³/mol. The van der Waals surface area contributed by atoms with Crippen molar-refractivity contribution in [2.75, 3.05) is 52.5 Å². The van der Waals surface area contributed by atoms with Crippen LogP contribution < -0.4 is 5.32 Å². The lowest BCUT2D eigenvalue weighted by Gasteiger charge is -2.35. The second-order valence-corrected chi connectivity index (χ2v) is 6.57. The molecule has 0 aliphatic carbocycles. The van der Waals surface area contributed by atoms with Crippen LogP contribution in [0.25, 0.3) is 0 Å². The van der Waals surface area contributed by atoms with Gasteiger partial charge < -0.3 is 19.7 Å². The lowest BCUT2D eigenvalue weighted by molar-refractivity contribution is -0.145. The van der Waals surface area contributed by atoms with Gasteiger partial charge in [-0.1, -0.05) is 30.3 Å². The van der Waals surface area contributed by atoms with E-state index in [0.29, 0.717) is 59.1 Å². The first-order chi connectivity index (χ1) is 13.1. The minimum Gasteiger partial charge on any atom is -0.379 e. The molecule has 1 N–H and O–H groups in total. The number of hydrogen-bond donors (Lipinski definition) is 1. The van der Waals surface area contributed by atoms with Crippen LogP contribution in [0.5, 0.6) is 0 Å². The lowest BCUT2D eigenvalue weighted by Crippen LogP contribution is -2.53. The van der Waals surface area contributed by atoms with Crippen molar-refractivity contribution in [1.29, 1.82) is 0 Å². The average Bonchev–Trinajstić information content (AvgIpc) is 2.70. The van der Waals surface area contributed by atoms with E-state index in [0.717, 1.165) is 5.56 Å². The maximum absolute atomic E-state index is 12.4. The van der Waals surface area contributed by atoms with Crippen LogP contribution in [0.15, 0.2) is 30.3 Å². The average molecular weight is 377 g/mol. The molecule has 1 fully saturated rings. The molecule has 0 aromatic heterocycles. The maximum atomic E-state index is 12.4. The van der Waals surface area contributed by atoms with Crippen molar-refractivity contribution in [3.63, 3.8) is 0 Å². The number of benzene rings is 1. The van der Waals surface area contributed by atoms with Crippen LogP contribution in [-0.4, -0.2) is 80.3 Å². The Morgan fingerprint density at radius 2 is 1.81 bits per heavy atom. The summed E-state index contributed by atoms with van der Waals surface area (Å²) in [5, 5.41) is 2.94. The van der Waals surface area contributed by atoms with E-state index in [4.69, 9.17) is 9.47 Å². The van der Waals surface area contributed by atoms with E-state index < -0.39 is 6.10 Å². The zero-order chi connectivity index (χ0) is 19.5. The molecule has 0 spiro atoms. The summed E-state index contributed by atoms with van der Waals surface area (Å²) in [7, 11) is 0. The Morgan fingerprint density at radius 3 is 2.48 bits per heavy atom. The van der Waals surface area contributed by atoms with Crippen LogP contribution in [0.1, 0.15) is 19.4 Å². The van der Waals surface area contributed by atoms with Crippen LogP contribution in [0.3, 0.4) is 0 Å². The fraction of sp³-hybridized carbons (Fsp3) is 0.600. The summed E-state index contributed by atoms with van der Waals surface area (Å²) in [6, 6.07) is 9.85. The molecule has 1 aromatic rings. The third kappa shape index (κ3) is 7.66. The topological polar surface area (TPSA) is 71.1 Å². The molecule has 27 heavy (non-hydrogen) atoms. The van der Waals surface area contributed by atoms with Gasteiger partial charge in [0.1, 0.15) is 6.10 Å². The molecular formula is C20H31N3O4. The van der Waals surface area contributed by atoms with Crippen molar-refractivity contribution in [3.05, 3.63) is 35.9 Å². The van der Waals surface area contributed by atoms with E-state index in [9.17, 15) is 9.59 Å². The smallest absolute Gasteiger partial charge is 0.251 e. The van der Waals surface area contributed by atoms with Gasteiger partial charge in [0.25, 0.3) is 5.91 Å². The molecule has 7 nitrogen and oxygen atoms in total. The minimum absolute atomic E-state index is 0.000299. The normalized spacial score (nSPS) is 16.1. The van der Waals surface area contributed by atoms with Gasteiger partial charge >= 0.3 is 0 Å². The highest BCUT2D eigenvalue weighted by atomic mass is 16.5. The molecule has 150 valence electrons. The highest BCUT2D eigenvalue weighted by molar-refractivity contribution is 5.81. The van der Waals surface area contributed by atoms with Crippen molar-refractivity contribution in [2.45, 2.75) is 26.5 Å². The molecule has 2 rings (SSSR count). The summed E-state index contributed by atoms with van der Waals surface area (Å²) in [6.45, 7) is 8.77. The largest absolute Gasteiger partial charge is 0.379 e. The molecule has 1 heterocycles. The molecule has 1 unspecified atom stereocenters. The fourth-order valence-corrected chi connectivity index (χ4v) is 2.94. The van der Waals surface area contributed by atoms with Crippen molar-refractivity contribution >= 4 is 11.8 Å². The Kier molecular flexibility index (Phi) is 9.24. The number of nitrogens with zero attached hydrogens (tertiary/aromatic N) is 2. The van der Waals surface area contributed by atoms with Crippen molar-refractivity contribution in [1.82, 2.24) is 15.1 Å². The summed E-state index contributed by atoms with van der Waals surface area (Å²) in [5.74, 6) is 0.00549. The molecular weight excluding hydrogens is 346 g/mol. The van der Waals surface area contributed by atoms with Crippen molar-refractivity contribution < 1.29 is 19.1 Å². The summed E-state index contributed by atoms with van der Waals surface area (Å²) >= 11 is 0. The Labute approximate surface area is 161 Å². The summed E-state index contributed by atoms with van der Waals surface area (Å²) in [6.07, 6.45) is -0.467. The van der Waals surface area contributed by atoms with E-state index in [2.05, 4.69) is 10.2 Å². The van der Waals surface area contributed by atoms with Gasteiger partial charge in [0, 0.05) is 39.3 Å². The van der Waals surface area contributed by atoms with Crippen LogP contribution in [0, 0.1) is 0 Å². The predicted octanol–water partition coefficient (Wildman–Crippen LogP) is 0.889. The fourth-order valence-electron chi connectivity index (χ4n) is 2.94. The molecule has 0 bridgehead atoms. The zero-order valence-corrected chi connectivity index (χ0v) is 16.4. The van der Waals surface area contributed by atoms with Crippen LogP contribution in [0.2, 0.25) is 0 Å². The van der Waals surface area contributed by atoms with Crippen LogP contribution in [0.4, 0.5) is 0 Å². The van der Waals surface area contributed by atoms with Crippen LogP contribution in [-0.2, 0) is 25.6 Å². The molecule has 7 heteroatoms. The first kappa shape index (κ1) is 21.3. The molecule has 1 aliphatic rings. The highest BCUT2D eigenvalue weighted by Gasteiger charge is 2.26. The van der Waals surface area contributed by atoms with E-state index in [1.807, 2.05) is 42.2 Å². The number of carbonyl (C=O) groups is 2. The Hall–Kier alpha value is -1.96. The zero-order valence-electron chi connectivity index (χ0n) is 16.4. The SMILES string of the molecule is CCOCCOC(C)C(=O)N1CCN(CC(=O)NCc2ccccc2)CC1. The number of piperazine rings is 1. The number of carbonyl (C=O) groups excluding carboxylic acids is 2. The van der Waals surface area contributed by atoms with Gasteiger partial charge in [-0.15, -0.1) is 0 Å². The number of rotatable bonds is 10. The molecule has 1 aliphatic heterocycles. The quantitative estimate of drug-likeness (QED) is 0.613. The van der Waals surface area contributed by atoms with Gasteiger partial charge in [-0.05, 0) is 19.4 Å². The van der Waals surface area contributed by atoms with E-state index in [-0.39, 0.29) is 11.8 Å². The minimum atomic E-state index is -0.467. The first-order valence-corrected chi connectivity index (χ1v) is 9.61. The molecule has 0 radical (unpaired) electrons. The summed E-state index contributed by atoms with van der Waals surface area (Å²) in [5.41, 5.74) is 1.08. The molecule has 1 atom stereocenters. The Bertz CT molecular complexity index is 574. The third-order valence-electron chi connectivity index (χ3n) is 4.53. The highest BCUT2D eigenvalue weighted by Crippen LogP contribution is 2.06. The lowest BCUT2D eigenvalue weighted by atomic mass is 10.2. The molecule has 2 amide bonds. The monoisotopic (exact) mass is 377 g/mol. The van der Waals surface area contributed by atoms with E-state index in [1.54, 1.807) is 6.92 Å². The van der Waals surface area contributed by atoms with Gasteiger partial charge in [0.05, 0.1) is 19.8 Å². The van der Waals surface area contributed by atoms with Crippen LogP contribution >= 0.6 is 0 Å². The molecule has 0 saturated carbocycles. The maximum Gasteiger partial charge on any atom is 0.251 e. The Balaban J connectivity index is 1.64. The number of nitrogens with one attached hydrogen (secondary N) is 1. The van der Waals surface area contributed by atoms with E-state index in [1.165, 1.54) is 0 Å². The van der Waals surface area contributed by atoms with Gasteiger partial charge in [-0.25, -0.2) is 0 Å². The van der Waals surface area contributed by atoms with Gasteiger partial charge in [0.15, 0.2) is 0 Å². The van der Waals surface area contributed by atoms with Gasteiger partial charge in [-0.2, -0.15) is 0 Å². The van der Waals surface area contributed by atoms with Gasteiger partial charge in [0.2, 0.25) is 5.91 Å². The third-order valence-corrected chi connectivity index (χ3v) is 4.53. The van der Waals surface area contributed by atoms with Crippen molar-refractivity contribution in [2.24, 2.45) is 0 Å². The molecule has 1 aromatic carbocycles. The number of amides is 2. The number of ether oxygens (including phenoxy) is 2. The summed E-state index contributed by atoms with van der Waals surface area (Å²) < 4.78 is 10.7. The standard InChI is InChI=1S/C20H31N3O4/c1-3-26-13-14-27-17(2)20(25)23-11-9-22(10-12-23)16-19(24)21-15-18-7-5-4-6-8-18/h4-8,17H,3,9-16H2,1-2H3,(H,21,24).